The molecule has 0 fully saturated rings. The van der Waals surface area contributed by atoms with E-state index in [1.54, 1.807) is 5.38 Å². The molecule has 24 heavy (non-hydrogen) atoms. The molecule has 0 spiro atoms. The molecule has 0 atom stereocenters. The molecular formula is C15H22Cl2N4OS2. The van der Waals surface area contributed by atoms with Gasteiger partial charge in [-0.2, -0.15) is 0 Å². The number of fused-ring (bicyclic) bond motifs is 1. The van der Waals surface area contributed by atoms with Gasteiger partial charge in [-0.05, 0) is 30.0 Å². The number of carbonyl (C=O) groups excluding carboxylic acids is 1. The van der Waals surface area contributed by atoms with Crippen LogP contribution in [-0.2, 0) is 19.4 Å². The van der Waals surface area contributed by atoms with Crippen LogP contribution >= 0.6 is 47.5 Å². The summed E-state index contributed by atoms with van der Waals surface area (Å²) in [5.41, 5.74) is 7.44. The summed E-state index contributed by atoms with van der Waals surface area (Å²) >= 11 is 3.34. The average Bonchev–Trinajstić information content (AvgIpc) is 3.16. The first-order valence-corrected chi connectivity index (χ1v) is 9.22. The second-order valence-corrected chi connectivity index (χ2v) is 7.26. The summed E-state index contributed by atoms with van der Waals surface area (Å²) in [5.74, 6) is -0.0900. The van der Waals surface area contributed by atoms with Crippen molar-refractivity contribution in [2.75, 3.05) is 26.2 Å². The number of amides is 1. The zero-order chi connectivity index (χ0) is 15.4. The molecule has 9 heteroatoms. The molecule has 1 amide bonds. The van der Waals surface area contributed by atoms with Crippen LogP contribution in [0.15, 0.2) is 16.8 Å². The van der Waals surface area contributed by atoms with Crippen molar-refractivity contribution in [3.05, 3.63) is 38.0 Å². The van der Waals surface area contributed by atoms with Gasteiger partial charge in [0.15, 0.2) is 0 Å². The molecule has 1 aliphatic rings. The maximum Gasteiger partial charge on any atom is 0.270 e. The largest absolute Gasteiger partial charge is 0.349 e. The van der Waals surface area contributed by atoms with Crippen LogP contribution < -0.4 is 11.1 Å². The maximum absolute atomic E-state index is 12.0. The van der Waals surface area contributed by atoms with E-state index >= 15 is 0 Å². The molecule has 3 heterocycles. The second kappa shape index (κ2) is 10.3. The summed E-state index contributed by atoms with van der Waals surface area (Å²) in [4.78, 5) is 20.2. The van der Waals surface area contributed by atoms with Crippen LogP contribution in [0.25, 0.3) is 0 Å². The lowest BCUT2D eigenvalue weighted by Crippen LogP contribution is -2.37. The van der Waals surface area contributed by atoms with E-state index in [1.165, 1.54) is 21.8 Å². The minimum Gasteiger partial charge on any atom is -0.349 e. The highest BCUT2D eigenvalue weighted by Gasteiger charge is 2.17. The van der Waals surface area contributed by atoms with Crippen LogP contribution in [0.4, 0.5) is 0 Å². The highest BCUT2D eigenvalue weighted by atomic mass is 35.5. The molecule has 0 bridgehead atoms. The van der Waals surface area contributed by atoms with Gasteiger partial charge in [0.25, 0.3) is 5.91 Å². The number of hydrogen-bond donors (Lipinski definition) is 2. The lowest BCUT2D eigenvalue weighted by molar-refractivity contribution is 0.0943. The third kappa shape index (κ3) is 5.40. The average molecular weight is 409 g/mol. The molecule has 2 aromatic rings. The molecule has 1 aliphatic heterocycles. The first-order valence-electron chi connectivity index (χ1n) is 7.46. The van der Waals surface area contributed by atoms with E-state index < -0.39 is 0 Å². The Balaban J connectivity index is 0.00000144. The van der Waals surface area contributed by atoms with Gasteiger partial charge in [-0.3, -0.25) is 9.69 Å². The minimum atomic E-state index is -0.0900. The van der Waals surface area contributed by atoms with Crippen molar-refractivity contribution in [1.82, 2.24) is 15.2 Å². The van der Waals surface area contributed by atoms with E-state index in [1.807, 2.05) is 11.3 Å². The van der Waals surface area contributed by atoms with Crippen LogP contribution in [0, 0.1) is 0 Å². The topological polar surface area (TPSA) is 71.2 Å². The standard InChI is InChI=1S/C15H20N4OS2.2ClH/c16-4-1-14-18-12(10-22-14)15(20)17-5-7-19-6-2-13-11(9-19)3-8-21-13;;/h3,8,10H,1-2,4-7,9,16H2,(H,17,20);2*1H. The molecule has 2 aromatic heterocycles. The zero-order valence-electron chi connectivity index (χ0n) is 13.2. The zero-order valence-corrected chi connectivity index (χ0v) is 16.5. The van der Waals surface area contributed by atoms with E-state index in [2.05, 4.69) is 26.6 Å². The van der Waals surface area contributed by atoms with Gasteiger partial charge in [0.2, 0.25) is 0 Å². The Kier molecular flexibility index (Phi) is 9.18. The molecule has 0 saturated carbocycles. The normalized spacial score (nSPS) is 13.5. The fourth-order valence-electron chi connectivity index (χ4n) is 2.57. The Morgan fingerprint density at radius 3 is 3.00 bits per heavy atom. The highest BCUT2D eigenvalue weighted by molar-refractivity contribution is 7.10. The van der Waals surface area contributed by atoms with Gasteiger partial charge in [-0.15, -0.1) is 47.5 Å². The predicted molar refractivity (Wildman–Crippen MR) is 105 cm³/mol. The quantitative estimate of drug-likeness (QED) is 0.769. The van der Waals surface area contributed by atoms with Gasteiger partial charge in [-0.1, -0.05) is 0 Å². The number of hydrogen-bond acceptors (Lipinski definition) is 6. The fraction of sp³-hybridized carbons (Fsp3) is 0.467. The second-order valence-electron chi connectivity index (χ2n) is 5.32. The lowest BCUT2D eigenvalue weighted by Gasteiger charge is -2.26. The fourth-order valence-corrected chi connectivity index (χ4v) is 4.25. The number of aromatic nitrogens is 1. The van der Waals surface area contributed by atoms with Crippen LogP contribution in [0.1, 0.15) is 25.9 Å². The number of nitrogens with zero attached hydrogens (tertiary/aromatic N) is 2. The lowest BCUT2D eigenvalue weighted by atomic mass is 10.1. The van der Waals surface area contributed by atoms with E-state index in [4.69, 9.17) is 5.73 Å². The Bertz CT molecular complexity index is 647. The van der Waals surface area contributed by atoms with Crippen molar-refractivity contribution in [3.63, 3.8) is 0 Å². The van der Waals surface area contributed by atoms with Crippen molar-refractivity contribution in [3.8, 4) is 0 Å². The minimum absolute atomic E-state index is 0. The van der Waals surface area contributed by atoms with E-state index in [9.17, 15) is 4.79 Å². The van der Waals surface area contributed by atoms with Gasteiger partial charge in [-0.25, -0.2) is 4.98 Å². The Labute approximate surface area is 162 Å². The van der Waals surface area contributed by atoms with Crippen molar-refractivity contribution >= 4 is 53.4 Å². The summed E-state index contributed by atoms with van der Waals surface area (Å²) in [6.07, 6.45) is 1.85. The molecule has 0 unspecified atom stereocenters. The van der Waals surface area contributed by atoms with Gasteiger partial charge in [0.1, 0.15) is 5.69 Å². The summed E-state index contributed by atoms with van der Waals surface area (Å²) in [5, 5.41) is 7.85. The predicted octanol–water partition coefficient (Wildman–Crippen LogP) is 2.34. The number of nitrogens with two attached hydrogens (primary N) is 1. The number of thiophene rings is 1. The molecular weight excluding hydrogens is 387 g/mol. The maximum atomic E-state index is 12.0. The molecule has 0 radical (unpaired) electrons. The first-order chi connectivity index (χ1) is 10.8. The third-order valence-electron chi connectivity index (χ3n) is 3.74. The molecule has 3 rings (SSSR count). The van der Waals surface area contributed by atoms with Crippen molar-refractivity contribution < 1.29 is 4.79 Å². The third-order valence-corrected chi connectivity index (χ3v) is 5.67. The summed E-state index contributed by atoms with van der Waals surface area (Å²) in [6.45, 7) is 4.16. The van der Waals surface area contributed by atoms with Gasteiger partial charge in [0.05, 0.1) is 5.01 Å². The van der Waals surface area contributed by atoms with Crippen LogP contribution in [0.2, 0.25) is 0 Å². The van der Waals surface area contributed by atoms with E-state index in [0.717, 1.165) is 37.5 Å². The number of nitrogens with one attached hydrogen (secondary N) is 1. The van der Waals surface area contributed by atoms with Crippen LogP contribution in [0.3, 0.4) is 0 Å². The van der Waals surface area contributed by atoms with Crippen LogP contribution in [0.5, 0.6) is 0 Å². The highest BCUT2D eigenvalue weighted by Crippen LogP contribution is 2.23. The molecule has 0 aromatic carbocycles. The van der Waals surface area contributed by atoms with E-state index in [-0.39, 0.29) is 30.7 Å². The number of carbonyl (C=O) groups is 1. The summed E-state index contributed by atoms with van der Waals surface area (Å²) in [6, 6.07) is 2.21. The van der Waals surface area contributed by atoms with Gasteiger partial charge in [0, 0.05) is 42.9 Å². The smallest absolute Gasteiger partial charge is 0.270 e. The van der Waals surface area contributed by atoms with Crippen molar-refractivity contribution in [2.45, 2.75) is 19.4 Å². The van der Waals surface area contributed by atoms with E-state index in [0.29, 0.717) is 18.8 Å². The molecule has 0 saturated heterocycles. The Morgan fingerprint density at radius 1 is 1.38 bits per heavy atom. The monoisotopic (exact) mass is 408 g/mol. The molecule has 3 N–H and O–H groups in total. The van der Waals surface area contributed by atoms with Crippen molar-refractivity contribution in [2.24, 2.45) is 5.73 Å². The van der Waals surface area contributed by atoms with Crippen molar-refractivity contribution in [1.29, 1.82) is 0 Å². The van der Waals surface area contributed by atoms with Gasteiger partial charge >= 0.3 is 0 Å². The Morgan fingerprint density at radius 2 is 2.21 bits per heavy atom. The Hall–Kier alpha value is -0.700. The molecule has 5 nitrogen and oxygen atoms in total. The van der Waals surface area contributed by atoms with Gasteiger partial charge < -0.3 is 11.1 Å². The first kappa shape index (κ1) is 21.3. The summed E-state index contributed by atoms with van der Waals surface area (Å²) in [7, 11) is 0. The molecule has 134 valence electrons. The number of rotatable bonds is 6. The number of thiazole rings is 1. The molecule has 0 aliphatic carbocycles. The summed E-state index contributed by atoms with van der Waals surface area (Å²) < 4.78 is 0. The SMILES string of the molecule is Cl.Cl.NCCc1nc(C(=O)NCCN2CCc3sccc3C2)cs1. The van der Waals surface area contributed by atoms with Crippen LogP contribution in [-0.4, -0.2) is 42.0 Å². The number of halogens is 2.